The van der Waals surface area contributed by atoms with E-state index in [4.69, 9.17) is 10.5 Å². The molecule has 1 heterocycles. The average molecular weight is 345 g/mol. The van der Waals surface area contributed by atoms with Crippen LogP contribution in [0, 0.1) is 0 Å². The molecule has 1 aromatic heterocycles. The first-order valence-electron chi connectivity index (χ1n) is 6.97. The van der Waals surface area contributed by atoms with E-state index in [9.17, 15) is 0 Å². The number of hydrogen-bond acceptors (Lipinski definition) is 3. The molecule has 2 N–H and O–H groups in total. The Balaban J connectivity index is 2.19. The SMILES string of the molecule is COc1ccc2c(c1)CCCC(Br)=C2c1ccnc(N)c1. The van der Waals surface area contributed by atoms with Crippen molar-refractivity contribution in [3.05, 3.63) is 57.7 Å². The van der Waals surface area contributed by atoms with Gasteiger partial charge in [-0.1, -0.05) is 22.0 Å². The highest BCUT2D eigenvalue weighted by atomic mass is 79.9. The van der Waals surface area contributed by atoms with Gasteiger partial charge in [-0.15, -0.1) is 0 Å². The number of allylic oxidation sites excluding steroid dienone is 1. The molecule has 1 aliphatic rings. The van der Waals surface area contributed by atoms with E-state index in [2.05, 4.69) is 33.0 Å². The number of hydrogen-bond donors (Lipinski definition) is 1. The van der Waals surface area contributed by atoms with Crippen molar-refractivity contribution in [2.75, 3.05) is 12.8 Å². The van der Waals surface area contributed by atoms with E-state index in [1.54, 1.807) is 13.3 Å². The van der Waals surface area contributed by atoms with E-state index in [-0.39, 0.29) is 0 Å². The van der Waals surface area contributed by atoms with Crippen molar-refractivity contribution in [1.82, 2.24) is 4.98 Å². The van der Waals surface area contributed by atoms with Gasteiger partial charge >= 0.3 is 0 Å². The van der Waals surface area contributed by atoms with Crippen LogP contribution in [0.3, 0.4) is 0 Å². The summed E-state index contributed by atoms with van der Waals surface area (Å²) < 4.78 is 6.57. The smallest absolute Gasteiger partial charge is 0.123 e. The van der Waals surface area contributed by atoms with Gasteiger partial charge in [0.05, 0.1) is 7.11 Å². The van der Waals surface area contributed by atoms with Crippen molar-refractivity contribution in [1.29, 1.82) is 0 Å². The normalized spacial score (nSPS) is 14.6. The van der Waals surface area contributed by atoms with Crippen molar-refractivity contribution < 1.29 is 4.74 Å². The van der Waals surface area contributed by atoms with Gasteiger partial charge in [0.25, 0.3) is 0 Å². The molecule has 0 saturated carbocycles. The zero-order valence-corrected chi connectivity index (χ0v) is 13.5. The van der Waals surface area contributed by atoms with Gasteiger partial charge in [-0.05, 0) is 65.8 Å². The molecule has 108 valence electrons. The van der Waals surface area contributed by atoms with Crippen LogP contribution in [-0.4, -0.2) is 12.1 Å². The van der Waals surface area contributed by atoms with Gasteiger partial charge in [0.2, 0.25) is 0 Å². The molecular formula is C17H17BrN2O. The molecule has 3 nitrogen and oxygen atoms in total. The first-order chi connectivity index (χ1) is 10.2. The minimum Gasteiger partial charge on any atom is -0.497 e. The Morgan fingerprint density at radius 1 is 1.19 bits per heavy atom. The number of rotatable bonds is 2. The number of aromatic nitrogens is 1. The quantitative estimate of drug-likeness (QED) is 0.889. The number of pyridine rings is 1. The standard InChI is InChI=1S/C17H17BrN2O/c1-21-13-5-6-14-11(9-13)3-2-4-15(18)17(14)12-7-8-20-16(19)10-12/h5-10H,2-4H2,1H3,(H2,19,20). The highest BCUT2D eigenvalue weighted by Crippen LogP contribution is 2.38. The van der Waals surface area contributed by atoms with Crippen LogP contribution >= 0.6 is 15.9 Å². The predicted molar refractivity (Wildman–Crippen MR) is 89.5 cm³/mol. The Kier molecular flexibility index (Phi) is 3.97. The van der Waals surface area contributed by atoms with Gasteiger partial charge in [0.1, 0.15) is 11.6 Å². The Bertz CT molecular complexity index is 710. The number of ether oxygens (including phenoxy) is 1. The molecule has 21 heavy (non-hydrogen) atoms. The van der Waals surface area contributed by atoms with Gasteiger partial charge in [-0.25, -0.2) is 4.98 Å². The van der Waals surface area contributed by atoms with Gasteiger partial charge in [-0.3, -0.25) is 0 Å². The molecule has 0 radical (unpaired) electrons. The lowest BCUT2D eigenvalue weighted by molar-refractivity contribution is 0.414. The zero-order chi connectivity index (χ0) is 14.8. The molecule has 0 amide bonds. The third-order valence-electron chi connectivity index (χ3n) is 3.77. The lowest BCUT2D eigenvalue weighted by Crippen LogP contribution is -1.97. The van der Waals surface area contributed by atoms with Crippen molar-refractivity contribution in [2.24, 2.45) is 0 Å². The number of fused-ring (bicyclic) bond motifs is 1. The van der Waals surface area contributed by atoms with Crippen molar-refractivity contribution in [2.45, 2.75) is 19.3 Å². The van der Waals surface area contributed by atoms with Crippen molar-refractivity contribution >= 4 is 27.3 Å². The molecule has 1 aliphatic carbocycles. The second kappa shape index (κ2) is 5.90. The van der Waals surface area contributed by atoms with E-state index < -0.39 is 0 Å². The summed E-state index contributed by atoms with van der Waals surface area (Å²) in [5, 5.41) is 0. The van der Waals surface area contributed by atoms with Crippen molar-refractivity contribution in [3.63, 3.8) is 0 Å². The summed E-state index contributed by atoms with van der Waals surface area (Å²) in [5.74, 6) is 1.44. The summed E-state index contributed by atoms with van der Waals surface area (Å²) in [4.78, 5) is 4.09. The first-order valence-corrected chi connectivity index (χ1v) is 7.76. The molecule has 0 saturated heterocycles. The number of nitrogen functional groups attached to an aromatic ring is 1. The minimum atomic E-state index is 0.541. The average Bonchev–Trinajstić information content (AvgIpc) is 2.64. The van der Waals surface area contributed by atoms with E-state index in [1.807, 2.05) is 18.2 Å². The van der Waals surface area contributed by atoms with Crippen LogP contribution < -0.4 is 10.5 Å². The van der Waals surface area contributed by atoms with Crippen LogP contribution in [0.5, 0.6) is 5.75 Å². The molecule has 3 rings (SSSR count). The van der Waals surface area contributed by atoms with Crippen LogP contribution in [-0.2, 0) is 6.42 Å². The number of aryl methyl sites for hydroxylation is 1. The van der Waals surface area contributed by atoms with Crippen LogP contribution in [0.1, 0.15) is 29.5 Å². The molecule has 4 heteroatoms. The third-order valence-corrected chi connectivity index (χ3v) is 4.56. The fraction of sp³-hybridized carbons (Fsp3) is 0.235. The van der Waals surface area contributed by atoms with Crippen LogP contribution in [0.4, 0.5) is 5.82 Å². The number of methoxy groups -OCH3 is 1. The zero-order valence-electron chi connectivity index (χ0n) is 11.9. The number of benzene rings is 1. The molecule has 0 fully saturated rings. The highest BCUT2D eigenvalue weighted by Gasteiger charge is 2.18. The molecule has 0 spiro atoms. The summed E-state index contributed by atoms with van der Waals surface area (Å²) in [6, 6.07) is 10.2. The maximum Gasteiger partial charge on any atom is 0.123 e. The second-order valence-electron chi connectivity index (χ2n) is 5.13. The maximum atomic E-state index is 5.85. The lowest BCUT2D eigenvalue weighted by atomic mass is 9.94. The van der Waals surface area contributed by atoms with Crippen molar-refractivity contribution in [3.8, 4) is 5.75 Å². The van der Waals surface area contributed by atoms with Crippen LogP contribution in [0.25, 0.3) is 5.57 Å². The monoisotopic (exact) mass is 344 g/mol. The first kappa shape index (κ1) is 14.1. The number of anilines is 1. The molecular weight excluding hydrogens is 328 g/mol. The van der Waals surface area contributed by atoms with Crippen LogP contribution in [0.2, 0.25) is 0 Å². The van der Waals surface area contributed by atoms with E-state index >= 15 is 0 Å². The molecule has 0 bridgehead atoms. The number of nitrogens with two attached hydrogens (primary N) is 1. The number of halogens is 1. The predicted octanol–water partition coefficient (Wildman–Crippen LogP) is 4.16. The Morgan fingerprint density at radius 3 is 2.81 bits per heavy atom. The number of nitrogens with zero attached hydrogens (tertiary/aromatic N) is 1. The molecule has 0 unspecified atom stereocenters. The maximum absolute atomic E-state index is 5.85. The van der Waals surface area contributed by atoms with Gasteiger partial charge in [0, 0.05) is 10.7 Å². The summed E-state index contributed by atoms with van der Waals surface area (Å²) in [6.07, 6.45) is 4.94. The molecule has 1 aromatic carbocycles. The summed E-state index contributed by atoms with van der Waals surface area (Å²) >= 11 is 3.76. The summed E-state index contributed by atoms with van der Waals surface area (Å²) in [5.41, 5.74) is 10.7. The highest BCUT2D eigenvalue weighted by molar-refractivity contribution is 9.11. The van der Waals surface area contributed by atoms with Crippen LogP contribution in [0.15, 0.2) is 41.0 Å². The van der Waals surface area contributed by atoms with E-state index in [0.29, 0.717) is 5.82 Å². The minimum absolute atomic E-state index is 0.541. The molecule has 0 atom stereocenters. The fourth-order valence-electron chi connectivity index (χ4n) is 2.77. The summed E-state index contributed by atoms with van der Waals surface area (Å²) in [7, 11) is 1.70. The van der Waals surface area contributed by atoms with Gasteiger partial charge in [0.15, 0.2) is 0 Å². The second-order valence-corrected chi connectivity index (χ2v) is 6.08. The Hall–Kier alpha value is -1.81. The summed E-state index contributed by atoms with van der Waals surface area (Å²) in [6.45, 7) is 0. The molecule has 2 aromatic rings. The Morgan fingerprint density at radius 2 is 2.05 bits per heavy atom. The van der Waals surface area contributed by atoms with E-state index in [0.717, 1.165) is 30.6 Å². The van der Waals surface area contributed by atoms with E-state index in [1.165, 1.54) is 21.2 Å². The third kappa shape index (κ3) is 2.81. The topological polar surface area (TPSA) is 48.1 Å². The largest absolute Gasteiger partial charge is 0.497 e. The fourth-order valence-corrected chi connectivity index (χ4v) is 3.49. The Labute approximate surface area is 133 Å². The lowest BCUT2D eigenvalue weighted by Gasteiger charge is -2.14. The van der Waals surface area contributed by atoms with Gasteiger partial charge in [-0.2, -0.15) is 0 Å². The van der Waals surface area contributed by atoms with Gasteiger partial charge < -0.3 is 10.5 Å². The molecule has 0 aliphatic heterocycles.